The first-order valence-corrected chi connectivity index (χ1v) is 32.9. The van der Waals surface area contributed by atoms with E-state index in [9.17, 15) is 63.5 Å². The number of primary amides is 1. The van der Waals surface area contributed by atoms with Crippen LogP contribution in [0.4, 0.5) is 22.4 Å². The number of amides is 4. The molecule has 34 heteroatoms. The number of nitrogens with zero attached hydrogens (tertiary/aromatic N) is 2. The van der Waals surface area contributed by atoms with Gasteiger partial charge in [-0.1, -0.05) is 87.3 Å². The van der Waals surface area contributed by atoms with Crippen molar-refractivity contribution in [3.63, 3.8) is 0 Å². The van der Waals surface area contributed by atoms with Crippen molar-refractivity contribution in [3.8, 4) is 28.7 Å². The van der Waals surface area contributed by atoms with Crippen LogP contribution in [0.25, 0.3) is 5.69 Å². The number of hydrogen-bond acceptors (Lipinski definition) is 17. The maximum Gasteiger partial charge on any atom is 0.349 e. The molecule has 4 aromatic carbocycles. The monoisotopic (exact) mass is 1450 g/mol. The van der Waals surface area contributed by atoms with Crippen LogP contribution in [-0.4, -0.2) is 111 Å². The molecule has 23 nitrogen and oxygen atoms in total. The minimum Gasteiger partial charge on any atom is -0.768 e. The van der Waals surface area contributed by atoms with Gasteiger partial charge in [0.25, 0.3) is 24.3 Å². The summed E-state index contributed by atoms with van der Waals surface area (Å²) in [7, 11) is -0.0254. The standard InChI is InChI=1S/C24H21Cl2F2N5O6S.C13H9BrCl2O3S.C8H18N2.C8H13NO.C4H5F2N3O2/c1-11-2-5-14(10-17(11)40(37,38)32-24(6-7-24)22(35)29-12-3-4-12)39-19-15(25)8-13(9-16(19)26)33-23(36)30-21(34)18(31-33)20(27)28;1-7-2-3-9(6-12(7)20(17)18)19-13-10(15)4-8(14)5-11(13)16;1-9-7-5-3-4-6-8(7)10-2;9-8(3-4-8)7(10)5-6-1-2-6;5-2(6)1(7)3(10)9-4(8)11/h2,5,8-10,12,20,32H,3-4,6-7H2,1H3,(H,29,35)(H,30,34,36);2-6H,1H3,(H,17,18);7-10H,3-6H2,1-2H3;6H,1-5,9H2;2,7H,(H3,8,9,10,11)/p-1/t;;7-,8-;;/m..1../s1. The molecule has 5 saturated carbocycles. The molecule has 0 spiro atoms. The highest BCUT2D eigenvalue weighted by molar-refractivity contribution is 9.10. The molecule has 496 valence electrons. The predicted molar refractivity (Wildman–Crippen MR) is 337 cm³/mol. The van der Waals surface area contributed by atoms with E-state index in [0.717, 1.165) is 48.7 Å². The van der Waals surface area contributed by atoms with Gasteiger partial charge in [0.2, 0.25) is 15.9 Å². The van der Waals surface area contributed by atoms with Crippen LogP contribution in [0.5, 0.6) is 23.0 Å². The summed E-state index contributed by atoms with van der Waals surface area (Å²) in [6.45, 7) is 3.29. The van der Waals surface area contributed by atoms with Crippen LogP contribution >= 0.6 is 62.3 Å². The summed E-state index contributed by atoms with van der Waals surface area (Å²) < 4.78 is 113. The van der Waals surface area contributed by atoms with Crippen molar-refractivity contribution in [2.24, 2.45) is 17.4 Å². The Morgan fingerprint density at radius 1 is 0.824 bits per heavy atom. The second-order valence-electron chi connectivity index (χ2n) is 21.9. The van der Waals surface area contributed by atoms with Crippen LogP contribution in [0.2, 0.25) is 20.1 Å². The van der Waals surface area contributed by atoms with Crippen molar-refractivity contribution >= 4 is 113 Å². The van der Waals surface area contributed by atoms with Gasteiger partial charge in [-0.15, -0.1) is 0 Å². The average molecular weight is 1460 g/mol. The second kappa shape index (κ2) is 32.3. The van der Waals surface area contributed by atoms with E-state index in [1.165, 1.54) is 68.1 Å². The predicted octanol–water partition coefficient (Wildman–Crippen LogP) is 9.50. The number of imide groups is 1. The summed E-state index contributed by atoms with van der Waals surface area (Å²) in [6, 6.07) is 14.8. The van der Waals surface area contributed by atoms with Gasteiger partial charge in [0.1, 0.15) is 17.0 Å². The molecular weight excluding hydrogens is 1390 g/mol. The molecule has 91 heavy (non-hydrogen) atoms. The number of halogens is 9. The molecule has 0 bridgehead atoms. The number of rotatable bonds is 19. The van der Waals surface area contributed by atoms with Gasteiger partial charge in [0.05, 0.1) is 36.2 Å². The van der Waals surface area contributed by atoms with Crippen molar-refractivity contribution < 1.29 is 63.4 Å². The fourth-order valence-electron chi connectivity index (χ4n) is 8.78. The van der Waals surface area contributed by atoms with Gasteiger partial charge in [-0.2, -0.15) is 14.5 Å². The second-order valence-corrected chi connectivity index (χ2v) is 27.0. The number of carbonyl (C=O) groups excluding carboxylic acids is 4. The Balaban J connectivity index is 0.000000212. The van der Waals surface area contributed by atoms with E-state index in [1.807, 2.05) is 0 Å². The Morgan fingerprint density at radius 3 is 1.79 bits per heavy atom. The number of ether oxygens (including phenoxy) is 2. The SMILES string of the molecule is CN[C@@H]1CCCC[C@H]1NC.Cc1ccc(Oc2c(Cl)cc(-n3nc(C(F)F)c(=O)[nH]c3=O)cc2Cl)cc1S(=O)(=O)NC1(C(=O)NC2CC2)CC1.Cc1ccc(Oc2c(Cl)cc(Br)cc2Cl)cc1S(=O)[O-].N=C(C(=O)NC(N)=O)C(F)F.NC1(C(=O)CC2CC2)CC1. The molecule has 0 saturated heterocycles. The molecule has 5 aliphatic carbocycles. The maximum atomic E-state index is 13.3. The number of urea groups is 1. The molecule has 5 aromatic rings. The lowest BCUT2D eigenvalue weighted by atomic mass is 9.91. The largest absolute Gasteiger partial charge is 0.768 e. The molecule has 3 atom stereocenters. The van der Waals surface area contributed by atoms with E-state index in [2.05, 4.69) is 61.5 Å². The smallest absolute Gasteiger partial charge is 0.349 e. The number of nitrogens with one attached hydrogen (secondary N) is 7. The van der Waals surface area contributed by atoms with Crippen LogP contribution in [0.1, 0.15) is 107 Å². The van der Waals surface area contributed by atoms with Crippen molar-refractivity contribution in [1.29, 1.82) is 5.41 Å². The zero-order valence-electron chi connectivity index (χ0n) is 49.1. The summed E-state index contributed by atoms with van der Waals surface area (Å²) in [5, 5.41) is 20.9. The van der Waals surface area contributed by atoms with Gasteiger partial charge >= 0.3 is 11.7 Å². The molecule has 1 unspecified atom stereocenters. The molecule has 5 fully saturated rings. The lowest BCUT2D eigenvalue weighted by Crippen LogP contribution is -2.49. The van der Waals surface area contributed by atoms with E-state index in [-0.39, 0.29) is 60.3 Å². The van der Waals surface area contributed by atoms with Gasteiger partial charge < -0.3 is 41.4 Å². The quantitative estimate of drug-likeness (QED) is 0.0211. The topological polar surface area (TPSA) is 365 Å². The Morgan fingerprint density at radius 2 is 1.34 bits per heavy atom. The highest BCUT2D eigenvalue weighted by atomic mass is 79.9. The number of benzene rings is 4. The van der Waals surface area contributed by atoms with Gasteiger partial charge in [-0.3, -0.25) is 39.1 Å². The van der Waals surface area contributed by atoms with Crippen LogP contribution in [0.3, 0.4) is 0 Å². The Bertz CT molecular complexity index is 3750. The third kappa shape index (κ3) is 21.3. The first-order valence-electron chi connectivity index (χ1n) is 28.0. The summed E-state index contributed by atoms with van der Waals surface area (Å²) in [5.74, 6) is -0.269. The van der Waals surface area contributed by atoms with Crippen LogP contribution < -0.4 is 58.2 Å². The normalized spacial score (nSPS) is 17.8. The molecule has 1 aromatic heterocycles. The maximum absolute atomic E-state index is 13.3. The number of aromatic nitrogens is 3. The van der Waals surface area contributed by atoms with Crippen LogP contribution in [0.15, 0.2) is 84.5 Å². The van der Waals surface area contributed by atoms with Crippen molar-refractivity contribution in [2.75, 3.05) is 14.1 Å². The number of alkyl halides is 4. The van der Waals surface area contributed by atoms with Crippen LogP contribution in [0, 0.1) is 25.2 Å². The number of Topliss-reactive ketones (excluding diaryl/α,β-unsaturated/α-hetero) is 1. The zero-order chi connectivity index (χ0) is 67.4. The Kier molecular flexibility index (Phi) is 26.3. The molecular formula is C57H65BrCl4F4N11O12S2-. The number of aryl methyl sites for hydroxylation is 2. The molecule has 0 radical (unpaired) electrons. The van der Waals surface area contributed by atoms with Crippen molar-refractivity contribution in [1.82, 2.24) is 40.8 Å². The number of H-pyrrole nitrogens is 1. The molecule has 1 heterocycles. The molecule has 5 aliphatic rings. The number of sulfonamides is 1. The molecule has 4 amide bonds. The highest BCUT2D eigenvalue weighted by Gasteiger charge is 2.54. The van der Waals surface area contributed by atoms with Crippen LogP contribution in [-0.2, 0) is 35.5 Å². The van der Waals surface area contributed by atoms with E-state index < -0.39 is 74.1 Å². The summed E-state index contributed by atoms with van der Waals surface area (Å²) in [4.78, 5) is 69.6. The van der Waals surface area contributed by atoms with Gasteiger partial charge in [0, 0.05) is 40.0 Å². The van der Waals surface area contributed by atoms with Gasteiger partial charge in [0.15, 0.2) is 28.7 Å². The van der Waals surface area contributed by atoms with Gasteiger partial charge in [-0.25, -0.2) is 35.6 Å². The number of carbonyl (C=O) groups is 4. The third-order valence-electron chi connectivity index (χ3n) is 14.6. The van der Waals surface area contributed by atoms with Crippen molar-refractivity contribution in [2.45, 2.75) is 149 Å². The minimum absolute atomic E-state index is 0.0362. The third-order valence-corrected chi connectivity index (χ3v) is 18.7. The summed E-state index contributed by atoms with van der Waals surface area (Å²) >= 11 is 25.7. The number of nitrogens with two attached hydrogens (primary N) is 2. The minimum atomic E-state index is -4.14. The first-order chi connectivity index (χ1) is 42.7. The number of hydrogen-bond donors (Lipinski definition) is 9. The average Bonchev–Trinajstić information content (AvgIpc) is 1.51. The fraction of sp³-hybridized carbons (Fsp3) is 0.439. The molecule has 0 aliphatic heterocycles. The van der Waals surface area contributed by atoms with Crippen molar-refractivity contribution in [3.05, 3.63) is 123 Å². The van der Waals surface area contributed by atoms with Gasteiger partial charge in [-0.05, 0) is 163 Å². The lowest BCUT2D eigenvalue weighted by Gasteiger charge is -2.30. The fourth-order valence-corrected chi connectivity index (χ4v) is 12.8. The Labute approximate surface area is 551 Å². The highest BCUT2D eigenvalue weighted by Crippen LogP contribution is 2.43. The first kappa shape index (κ1) is 74.1. The summed E-state index contributed by atoms with van der Waals surface area (Å²) in [5.41, 5.74) is 4.39. The molecule has 11 N–H and O–H groups in total. The number of likely N-dealkylation sites (N-methyl/N-ethyl adjacent to an activating group) is 2. The van der Waals surface area contributed by atoms with E-state index in [0.29, 0.717) is 68.2 Å². The summed E-state index contributed by atoms with van der Waals surface area (Å²) in [6.07, 6.45) is 6.63. The van der Waals surface area contributed by atoms with E-state index >= 15 is 0 Å². The molecule has 10 rings (SSSR count). The lowest BCUT2D eigenvalue weighted by molar-refractivity contribution is -0.124. The van der Waals surface area contributed by atoms with E-state index in [4.69, 9.17) is 67.0 Å². The Hall–Kier alpha value is -5.90. The zero-order valence-corrected chi connectivity index (χ0v) is 55.3. The van der Waals surface area contributed by atoms with E-state index in [1.54, 1.807) is 43.1 Å². The number of aromatic amines is 1. The number of ketones is 1.